The summed E-state index contributed by atoms with van der Waals surface area (Å²) in [5.41, 5.74) is 4.56. The maximum absolute atomic E-state index is 13.6. The minimum absolute atomic E-state index is 0.0732. The molecule has 0 spiro atoms. The molecule has 0 aromatic heterocycles. The fourth-order valence-electron chi connectivity index (χ4n) is 4.08. The Balaban J connectivity index is 1.65. The molecule has 0 aliphatic carbocycles. The van der Waals surface area contributed by atoms with Gasteiger partial charge in [0.1, 0.15) is 17.2 Å². The minimum Gasteiger partial charge on any atom is -0.494 e. The van der Waals surface area contributed by atoms with Gasteiger partial charge in [0.15, 0.2) is 0 Å². The van der Waals surface area contributed by atoms with Gasteiger partial charge in [-0.1, -0.05) is 38.1 Å². The van der Waals surface area contributed by atoms with E-state index in [1.807, 2.05) is 73.4 Å². The number of carbonyl (C=O) groups excluding carboxylic acids is 1. The average Bonchev–Trinajstić information content (AvgIpc) is 3.17. The highest BCUT2D eigenvalue weighted by Gasteiger charge is 2.34. The summed E-state index contributed by atoms with van der Waals surface area (Å²) in [7, 11) is 0. The molecule has 5 nitrogen and oxygen atoms in total. The van der Waals surface area contributed by atoms with E-state index < -0.39 is 0 Å². The van der Waals surface area contributed by atoms with Crippen LogP contribution in [0.15, 0.2) is 84.6 Å². The van der Waals surface area contributed by atoms with Crippen molar-refractivity contribution in [3.63, 3.8) is 0 Å². The van der Waals surface area contributed by atoms with Crippen molar-refractivity contribution >= 4 is 17.3 Å². The molecule has 1 amide bonds. The summed E-state index contributed by atoms with van der Waals surface area (Å²) in [4.78, 5) is 15.4. The van der Waals surface area contributed by atoms with Crippen LogP contribution in [-0.2, 0) is 4.79 Å². The predicted octanol–water partition coefficient (Wildman–Crippen LogP) is 6.69. The molecule has 5 heteroatoms. The third-order valence-corrected chi connectivity index (χ3v) is 5.87. The van der Waals surface area contributed by atoms with E-state index in [1.54, 1.807) is 0 Å². The summed E-state index contributed by atoms with van der Waals surface area (Å²) >= 11 is 0. The van der Waals surface area contributed by atoms with E-state index in [0.717, 1.165) is 28.4 Å². The molecule has 0 radical (unpaired) electrons. The lowest BCUT2D eigenvalue weighted by molar-refractivity contribution is -0.114. The highest BCUT2D eigenvalue weighted by Crippen LogP contribution is 2.37. The van der Waals surface area contributed by atoms with Crippen LogP contribution in [-0.4, -0.2) is 19.1 Å². The fraction of sp³-hybridized carbons (Fsp3) is 0.276. The molecule has 0 saturated carbocycles. The molecule has 1 atom stereocenters. The van der Waals surface area contributed by atoms with Crippen LogP contribution in [0.2, 0.25) is 0 Å². The van der Waals surface area contributed by atoms with E-state index in [0.29, 0.717) is 24.8 Å². The van der Waals surface area contributed by atoms with Crippen LogP contribution in [0, 0.1) is 0 Å². The van der Waals surface area contributed by atoms with Crippen LogP contribution in [0.4, 0.5) is 11.4 Å². The molecule has 0 fully saturated rings. The molecular weight excluding hydrogens is 424 g/mol. The van der Waals surface area contributed by atoms with Crippen molar-refractivity contribution in [2.24, 2.45) is 0 Å². The normalized spacial score (nSPS) is 15.4. The summed E-state index contributed by atoms with van der Waals surface area (Å²) in [6.07, 6.45) is 2.00. The summed E-state index contributed by atoms with van der Waals surface area (Å²) < 4.78 is 11.1. The first kappa shape index (κ1) is 23.4. The van der Waals surface area contributed by atoms with Gasteiger partial charge in [0.25, 0.3) is 5.91 Å². The molecule has 0 bridgehead atoms. The van der Waals surface area contributed by atoms with E-state index in [9.17, 15) is 4.79 Å². The van der Waals surface area contributed by atoms with Gasteiger partial charge in [0, 0.05) is 11.4 Å². The highest BCUT2D eigenvalue weighted by molar-refractivity contribution is 6.11. The van der Waals surface area contributed by atoms with E-state index in [1.165, 1.54) is 5.56 Å². The summed E-state index contributed by atoms with van der Waals surface area (Å²) in [5, 5.41) is 3.31. The van der Waals surface area contributed by atoms with Crippen LogP contribution in [0.5, 0.6) is 11.5 Å². The number of nitrogens with zero attached hydrogens (tertiary/aromatic N) is 1. The Morgan fingerprint density at radius 2 is 1.38 bits per heavy atom. The summed E-state index contributed by atoms with van der Waals surface area (Å²) in [5.74, 6) is 1.97. The lowest BCUT2D eigenvalue weighted by Crippen LogP contribution is -2.30. The fourth-order valence-corrected chi connectivity index (χ4v) is 4.08. The summed E-state index contributed by atoms with van der Waals surface area (Å²) in [6.45, 7) is 9.49. The zero-order valence-electron chi connectivity index (χ0n) is 20.2. The van der Waals surface area contributed by atoms with Gasteiger partial charge in [0.2, 0.25) is 0 Å². The standard InChI is InChI=1S/C29H32N2O3/c1-5-33-25-15-11-23(12-16-25)30-27-19-28(22-9-7-21(8-10-22)20(3)4)31(29(27)32)24-13-17-26(18-14-24)34-6-2/h7-20,28,30H,5-6H2,1-4H3/t28-/m0/s1. The Morgan fingerprint density at radius 3 is 1.91 bits per heavy atom. The van der Waals surface area contributed by atoms with Crippen molar-refractivity contribution in [2.45, 2.75) is 39.7 Å². The second-order valence-corrected chi connectivity index (χ2v) is 8.53. The molecule has 4 rings (SSSR count). The topological polar surface area (TPSA) is 50.8 Å². The van der Waals surface area contributed by atoms with Gasteiger partial charge >= 0.3 is 0 Å². The number of nitrogens with one attached hydrogen (secondary N) is 1. The lowest BCUT2D eigenvalue weighted by Gasteiger charge is -2.26. The number of hydrogen-bond acceptors (Lipinski definition) is 4. The Morgan fingerprint density at radius 1 is 0.824 bits per heavy atom. The third kappa shape index (κ3) is 5.09. The molecule has 1 N–H and O–H groups in total. The molecular formula is C29H32N2O3. The molecule has 1 aliphatic rings. The number of benzene rings is 3. The smallest absolute Gasteiger partial charge is 0.275 e. The zero-order chi connectivity index (χ0) is 24.1. The van der Waals surface area contributed by atoms with Crippen LogP contribution >= 0.6 is 0 Å². The van der Waals surface area contributed by atoms with Gasteiger partial charge in [-0.3, -0.25) is 9.69 Å². The predicted molar refractivity (Wildman–Crippen MR) is 138 cm³/mol. The summed E-state index contributed by atoms with van der Waals surface area (Å²) in [6, 6.07) is 23.6. The number of hydrogen-bond donors (Lipinski definition) is 1. The van der Waals surface area contributed by atoms with Gasteiger partial charge in [-0.2, -0.15) is 0 Å². The Bertz CT molecular complexity index is 1130. The van der Waals surface area contributed by atoms with Gasteiger partial charge in [-0.25, -0.2) is 0 Å². The second-order valence-electron chi connectivity index (χ2n) is 8.53. The molecule has 176 valence electrons. The highest BCUT2D eigenvalue weighted by atomic mass is 16.5. The Hall–Kier alpha value is -3.73. The van der Waals surface area contributed by atoms with Crippen molar-refractivity contribution in [2.75, 3.05) is 23.4 Å². The van der Waals surface area contributed by atoms with E-state index >= 15 is 0 Å². The number of rotatable bonds is 9. The lowest BCUT2D eigenvalue weighted by atomic mass is 9.98. The molecule has 3 aromatic rings. The van der Waals surface area contributed by atoms with Crippen molar-refractivity contribution in [1.29, 1.82) is 0 Å². The molecule has 34 heavy (non-hydrogen) atoms. The van der Waals surface area contributed by atoms with Gasteiger partial charge in [-0.05, 0) is 85.5 Å². The third-order valence-electron chi connectivity index (χ3n) is 5.87. The first-order valence-electron chi connectivity index (χ1n) is 11.9. The second kappa shape index (κ2) is 10.5. The largest absolute Gasteiger partial charge is 0.494 e. The van der Waals surface area contributed by atoms with E-state index in [2.05, 4.69) is 43.4 Å². The minimum atomic E-state index is -0.211. The zero-order valence-corrected chi connectivity index (χ0v) is 20.2. The molecule has 0 unspecified atom stereocenters. The monoisotopic (exact) mass is 456 g/mol. The molecule has 3 aromatic carbocycles. The molecule has 0 saturated heterocycles. The number of amides is 1. The van der Waals surface area contributed by atoms with Gasteiger partial charge in [-0.15, -0.1) is 0 Å². The van der Waals surface area contributed by atoms with Crippen LogP contribution in [0.25, 0.3) is 0 Å². The van der Waals surface area contributed by atoms with Crippen molar-refractivity contribution in [3.8, 4) is 11.5 Å². The maximum Gasteiger partial charge on any atom is 0.275 e. The SMILES string of the molecule is CCOc1ccc(NC2=C[C@@H](c3ccc(C(C)C)cc3)N(c3ccc(OCC)cc3)C2=O)cc1. The first-order valence-corrected chi connectivity index (χ1v) is 11.9. The van der Waals surface area contributed by atoms with Crippen molar-refractivity contribution in [1.82, 2.24) is 0 Å². The molecule has 1 aliphatic heterocycles. The molecule has 1 heterocycles. The van der Waals surface area contributed by atoms with Crippen molar-refractivity contribution < 1.29 is 14.3 Å². The van der Waals surface area contributed by atoms with Crippen LogP contribution in [0.3, 0.4) is 0 Å². The van der Waals surface area contributed by atoms with E-state index in [4.69, 9.17) is 9.47 Å². The maximum atomic E-state index is 13.6. The number of ether oxygens (including phenoxy) is 2. The number of carbonyl (C=O) groups is 1. The Kier molecular flexibility index (Phi) is 7.21. The quantitative estimate of drug-likeness (QED) is 0.390. The van der Waals surface area contributed by atoms with Gasteiger partial charge in [0.05, 0.1) is 19.3 Å². The average molecular weight is 457 g/mol. The number of anilines is 2. The van der Waals surface area contributed by atoms with Crippen LogP contribution < -0.4 is 19.7 Å². The first-order chi connectivity index (χ1) is 16.5. The van der Waals surface area contributed by atoms with Crippen LogP contribution in [0.1, 0.15) is 50.8 Å². The van der Waals surface area contributed by atoms with Crippen molar-refractivity contribution in [3.05, 3.63) is 95.7 Å². The van der Waals surface area contributed by atoms with Gasteiger partial charge < -0.3 is 14.8 Å². The Labute approximate surface area is 202 Å². The van der Waals surface area contributed by atoms with E-state index in [-0.39, 0.29) is 11.9 Å².